The first-order valence-electron chi connectivity index (χ1n) is 8.36. The first-order chi connectivity index (χ1) is 11.7. The lowest BCUT2D eigenvalue weighted by molar-refractivity contribution is -0.138. The summed E-state index contributed by atoms with van der Waals surface area (Å²) in [6.07, 6.45) is 1.31. The van der Waals surface area contributed by atoms with Crippen LogP contribution < -0.4 is 5.32 Å². The van der Waals surface area contributed by atoms with Gasteiger partial charge in [-0.25, -0.2) is 12.7 Å². The van der Waals surface area contributed by atoms with E-state index in [9.17, 15) is 18.0 Å². The molecule has 0 radical (unpaired) electrons. The molecule has 7 nitrogen and oxygen atoms in total. The lowest BCUT2D eigenvalue weighted by Crippen LogP contribution is -2.44. The van der Waals surface area contributed by atoms with Gasteiger partial charge in [-0.2, -0.15) is 0 Å². The van der Waals surface area contributed by atoms with Gasteiger partial charge in [0.05, 0.1) is 17.6 Å². The van der Waals surface area contributed by atoms with Crippen molar-refractivity contribution >= 4 is 27.6 Å². The fraction of sp³-hybridized carbons (Fsp3) is 0.529. The highest BCUT2D eigenvalue weighted by atomic mass is 32.2. The third kappa shape index (κ3) is 4.79. The van der Waals surface area contributed by atoms with Crippen LogP contribution in [0.4, 0.5) is 5.69 Å². The van der Waals surface area contributed by atoms with Gasteiger partial charge in [0.25, 0.3) is 0 Å². The Kier molecular flexibility index (Phi) is 6.18. The minimum atomic E-state index is -3.29. The van der Waals surface area contributed by atoms with Crippen LogP contribution in [0, 0.1) is 5.92 Å². The maximum Gasteiger partial charge on any atom is 0.310 e. The number of hydrogen-bond acceptors (Lipinski definition) is 4. The van der Waals surface area contributed by atoms with Crippen molar-refractivity contribution in [3.05, 3.63) is 29.8 Å². The Morgan fingerprint density at radius 3 is 2.52 bits per heavy atom. The first-order valence-corrected chi connectivity index (χ1v) is 9.97. The third-order valence-electron chi connectivity index (χ3n) is 4.56. The van der Waals surface area contributed by atoms with Gasteiger partial charge >= 0.3 is 5.97 Å². The van der Waals surface area contributed by atoms with Crippen LogP contribution in [0.5, 0.6) is 0 Å². The molecule has 1 saturated heterocycles. The molecule has 25 heavy (non-hydrogen) atoms. The fourth-order valence-corrected chi connectivity index (χ4v) is 4.01. The predicted octanol–water partition coefficient (Wildman–Crippen LogP) is 1.87. The van der Waals surface area contributed by atoms with E-state index in [2.05, 4.69) is 5.32 Å². The minimum Gasteiger partial charge on any atom is -0.481 e. The van der Waals surface area contributed by atoms with Crippen LogP contribution in [0.15, 0.2) is 24.3 Å². The second-order valence-corrected chi connectivity index (χ2v) is 8.53. The Balaban J connectivity index is 2.01. The summed E-state index contributed by atoms with van der Waals surface area (Å²) >= 11 is 0. The lowest BCUT2D eigenvalue weighted by atomic mass is 9.98. The third-order valence-corrected chi connectivity index (χ3v) is 6.41. The molecule has 2 rings (SSSR count). The summed E-state index contributed by atoms with van der Waals surface area (Å²) in [5.41, 5.74) is 1.23. The lowest BCUT2D eigenvalue weighted by Gasteiger charge is -2.30. The number of rotatable bonds is 6. The first kappa shape index (κ1) is 19.4. The molecule has 2 atom stereocenters. The van der Waals surface area contributed by atoms with Crippen molar-refractivity contribution in [1.29, 1.82) is 0 Å². The maximum absolute atomic E-state index is 12.4. The van der Waals surface area contributed by atoms with Crippen molar-refractivity contribution in [2.75, 3.05) is 24.2 Å². The molecule has 1 aliphatic rings. The largest absolute Gasteiger partial charge is 0.481 e. The molecular formula is C17H24N2O5S. The normalized spacial score (nSPS) is 20.0. The molecule has 8 heteroatoms. The van der Waals surface area contributed by atoms with Crippen LogP contribution in [0.1, 0.15) is 38.2 Å². The van der Waals surface area contributed by atoms with Crippen molar-refractivity contribution in [2.45, 2.75) is 32.6 Å². The highest BCUT2D eigenvalue weighted by Gasteiger charge is 2.31. The van der Waals surface area contributed by atoms with Crippen LogP contribution >= 0.6 is 0 Å². The smallest absolute Gasteiger partial charge is 0.310 e. The van der Waals surface area contributed by atoms with Gasteiger partial charge in [-0.05, 0) is 44.4 Å². The number of hydrogen-bond donors (Lipinski definition) is 2. The van der Waals surface area contributed by atoms with Crippen LogP contribution in [-0.4, -0.2) is 48.5 Å². The molecule has 1 heterocycles. The van der Waals surface area contributed by atoms with E-state index in [0.717, 1.165) is 0 Å². The number of piperidine rings is 1. The van der Waals surface area contributed by atoms with Crippen molar-refractivity contribution in [3.8, 4) is 0 Å². The number of carbonyl (C=O) groups is 2. The Hall–Kier alpha value is -1.93. The van der Waals surface area contributed by atoms with Crippen LogP contribution in [0.25, 0.3) is 0 Å². The van der Waals surface area contributed by atoms with Crippen LogP contribution in [0.2, 0.25) is 0 Å². The molecule has 0 saturated carbocycles. The summed E-state index contributed by atoms with van der Waals surface area (Å²) in [7, 11) is -3.29. The van der Waals surface area contributed by atoms with Crippen LogP contribution in [-0.2, 0) is 19.6 Å². The van der Waals surface area contributed by atoms with E-state index in [1.165, 1.54) is 4.31 Å². The van der Waals surface area contributed by atoms with Gasteiger partial charge in [-0.1, -0.05) is 12.1 Å². The maximum atomic E-state index is 12.4. The number of carboxylic acids is 1. The number of nitrogens with zero attached hydrogens (tertiary/aromatic N) is 1. The summed E-state index contributed by atoms with van der Waals surface area (Å²) in [6, 6.07) is 6.67. The fourth-order valence-electron chi connectivity index (χ4n) is 2.83. The highest BCUT2D eigenvalue weighted by molar-refractivity contribution is 7.89. The van der Waals surface area contributed by atoms with E-state index >= 15 is 0 Å². The van der Waals surface area contributed by atoms with Crippen molar-refractivity contribution < 1.29 is 23.1 Å². The van der Waals surface area contributed by atoms with Gasteiger partial charge < -0.3 is 10.4 Å². The van der Waals surface area contributed by atoms with E-state index in [1.54, 1.807) is 38.1 Å². The quantitative estimate of drug-likeness (QED) is 0.798. The standard InChI is InChI=1S/C17H24N2O5S/c1-3-25(23,24)19-10-4-5-14(11-19)16(20)18-15-8-6-13(7-9-15)12(2)17(21)22/h6-9,12,14H,3-5,10-11H2,1-2H3,(H,18,20)(H,21,22). The monoisotopic (exact) mass is 368 g/mol. The summed E-state index contributed by atoms with van der Waals surface area (Å²) in [5.74, 6) is -2.08. The van der Waals surface area contributed by atoms with E-state index in [0.29, 0.717) is 30.6 Å². The second-order valence-electron chi connectivity index (χ2n) is 6.27. The topological polar surface area (TPSA) is 104 Å². The zero-order valence-corrected chi connectivity index (χ0v) is 15.3. The minimum absolute atomic E-state index is 0.0323. The molecule has 2 unspecified atom stereocenters. The molecular weight excluding hydrogens is 344 g/mol. The number of aliphatic carboxylic acids is 1. The van der Waals surface area contributed by atoms with Gasteiger partial charge in [0.1, 0.15) is 0 Å². The predicted molar refractivity (Wildman–Crippen MR) is 94.9 cm³/mol. The van der Waals surface area contributed by atoms with Crippen molar-refractivity contribution in [2.24, 2.45) is 5.92 Å². The SMILES string of the molecule is CCS(=O)(=O)N1CCCC(C(=O)Nc2ccc(C(C)C(=O)O)cc2)C1. The zero-order chi connectivity index (χ0) is 18.6. The molecule has 0 bridgehead atoms. The zero-order valence-electron chi connectivity index (χ0n) is 14.4. The van der Waals surface area contributed by atoms with Crippen molar-refractivity contribution in [1.82, 2.24) is 4.31 Å². The summed E-state index contributed by atoms with van der Waals surface area (Å²) in [4.78, 5) is 23.4. The highest BCUT2D eigenvalue weighted by Crippen LogP contribution is 2.22. The average Bonchev–Trinajstić information content (AvgIpc) is 2.61. The number of carboxylic acid groups (broad SMARTS) is 1. The Bertz CT molecular complexity index is 730. The van der Waals surface area contributed by atoms with Gasteiger partial charge in [0.15, 0.2) is 0 Å². The summed E-state index contributed by atoms with van der Waals surface area (Å²) in [5, 5.41) is 11.8. The van der Waals surface area contributed by atoms with Crippen LogP contribution in [0.3, 0.4) is 0 Å². The molecule has 0 aliphatic carbocycles. The molecule has 138 valence electrons. The number of carbonyl (C=O) groups excluding carboxylic acids is 1. The molecule has 1 amide bonds. The second kappa shape index (κ2) is 7.97. The summed E-state index contributed by atoms with van der Waals surface area (Å²) in [6.45, 7) is 3.86. The van der Waals surface area contributed by atoms with Gasteiger partial charge in [-0.3, -0.25) is 9.59 Å². The number of sulfonamides is 1. The number of anilines is 1. The van der Waals surface area contributed by atoms with Gasteiger partial charge in [0.2, 0.25) is 15.9 Å². The molecule has 0 spiro atoms. The Labute approximate surface area is 148 Å². The Morgan fingerprint density at radius 1 is 1.32 bits per heavy atom. The molecule has 1 aromatic rings. The number of nitrogens with one attached hydrogen (secondary N) is 1. The Morgan fingerprint density at radius 2 is 1.96 bits per heavy atom. The molecule has 1 aliphatic heterocycles. The van der Waals surface area contributed by atoms with Gasteiger partial charge in [0, 0.05) is 18.8 Å². The number of benzene rings is 1. The molecule has 1 aromatic carbocycles. The van der Waals surface area contributed by atoms with E-state index in [4.69, 9.17) is 5.11 Å². The average molecular weight is 368 g/mol. The van der Waals surface area contributed by atoms with E-state index in [1.807, 2.05) is 0 Å². The summed E-state index contributed by atoms with van der Waals surface area (Å²) < 4.78 is 25.4. The number of amides is 1. The van der Waals surface area contributed by atoms with E-state index in [-0.39, 0.29) is 24.1 Å². The molecule has 1 fully saturated rings. The molecule has 2 N–H and O–H groups in total. The molecule has 0 aromatic heterocycles. The van der Waals surface area contributed by atoms with E-state index < -0.39 is 21.9 Å². The van der Waals surface area contributed by atoms with Gasteiger partial charge in [-0.15, -0.1) is 0 Å². The van der Waals surface area contributed by atoms with Crippen molar-refractivity contribution in [3.63, 3.8) is 0 Å².